The zero-order valence-electron chi connectivity index (χ0n) is 11.1. The molecule has 21 heavy (non-hydrogen) atoms. The van der Waals surface area contributed by atoms with Gasteiger partial charge in [-0.3, -0.25) is 0 Å². The third kappa shape index (κ3) is 4.42. The smallest absolute Gasteiger partial charge is 0.354 e. The van der Waals surface area contributed by atoms with Gasteiger partial charge in [0.2, 0.25) is 5.95 Å². The molecule has 112 valence electrons. The number of anilines is 1. The van der Waals surface area contributed by atoms with Gasteiger partial charge in [-0.05, 0) is 18.1 Å². The lowest BCUT2D eigenvalue weighted by atomic mass is 10.1. The molecule has 7 heteroatoms. The Labute approximate surface area is 120 Å². The first-order chi connectivity index (χ1) is 9.97. The van der Waals surface area contributed by atoms with Crippen molar-refractivity contribution in [3.05, 3.63) is 53.9 Å². The molecule has 0 saturated heterocycles. The fourth-order valence-electron chi connectivity index (χ4n) is 1.81. The maximum Gasteiger partial charge on any atom is 0.433 e. The number of rotatable bonds is 5. The van der Waals surface area contributed by atoms with Gasteiger partial charge in [0.1, 0.15) is 5.69 Å². The average Bonchev–Trinajstić information content (AvgIpc) is 2.47. The molecule has 4 nitrogen and oxygen atoms in total. The van der Waals surface area contributed by atoms with Crippen molar-refractivity contribution >= 4 is 5.95 Å². The van der Waals surface area contributed by atoms with E-state index in [9.17, 15) is 13.2 Å². The Balaban J connectivity index is 1.89. The predicted octanol–water partition coefficient (Wildman–Crippen LogP) is 3.00. The minimum absolute atomic E-state index is 0.0508. The van der Waals surface area contributed by atoms with Gasteiger partial charge in [-0.25, -0.2) is 9.97 Å². The van der Waals surface area contributed by atoms with Gasteiger partial charge in [0.05, 0.1) is 0 Å². The van der Waals surface area contributed by atoms with Gasteiger partial charge in [-0.2, -0.15) is 13.2 Å². The lowest BCUT2D eigenvalue weighted by molar-refractivity contribution is -0.141. The Morgan fingerprint density at radius 2 is 1.86 bits per heavy atom. The Morgan fingerprint density at radius 3 is 2.52 bits per heavy atom. The molecule has 0 saturated carbocycles. The van der Waals surface area contributed by atoms with E-state index in [1.165, 1.54) is 0 Å². The first kappa shape index (κ1) is 15.2. The summed E-state index contributed by atoms with van der Waals surface area (Å²) in [6.45, 7) is 0.386. The molecule has 1 unspecified atom stereocenters. The molecule has 0 fully saturated rings. The predicted molar refractivity (Wildman–Crippen MR) is 73.5 cm³/mol. The second-order valence-corrected chi connectivity index (χ2v) is 4.50. The second-order valence-electron chi connectivity index (χ2n) is 4.50. The molecule has 2 rings (SSSR count). The summed E-state index contributed by atoms with van der Waals surface area (Å²) in [6.07, 6.45) is -2.83. The maximum absolute atomic E-state index is 12.5. The molecule has 1 atom stereocenters. The van der Waals surface area contributed by atoms with Crippen molar-refractivity contribution in [2.24, 2.45) is 5.73 Å². The van der Waals surface area contributed by atoms with Gasteiger partial charge in [0.15, 0.2) is 0 Å². The molecule has 0 aliphatic carbocycles. The first-order valence-corrected chi connectivity index (χ1v) is 6.41. The van der Waals surface area contributed by atoms with Crippen molar-refractivity contribution in [2.45, 2.75) is 18.6 Å². The summed E-state index contributed by atoms with van der Waals surface area (Å²) in [7, 11) is 0. The summed E-state index contributed by atoms with van der Waals surface area (Å²) in [4.78, 5) is 7.19. The van der Waals surface area contributed by atoms with Crippen LogP contribution in [0.2, 0.25) is 0 Å². The average molecular weight is 296 g/mol. The third-order valence-electron chi connectivity index (χ3n) is 2.91. The van der Waals surface area contributed by atoms with Crippen molar-refractivity contribution in [3.8, 4) is 0 Å². The summed E-state index contributed by atoms with van der Waals surface area (Å²) in [5, 5.41) is 2.76. The van der Waals surface area contributed by atoms with E-state index in [0.717, 1.165) is 17.8 Å². The maximum atomic E-state index is 12.5. The van der Waals surface area contributed by atoms with Crippen LogP contribution in [0.5, 0.6) is 0 Å². The summed E-state index contributed by atoms with van der Waals surface area (Å²) in [5.41, 5.74) is 6.01. The van der Waals surface area contributed by atoms with Gasteiger partial charge in [0, 0.05) is 18.8 Å². The van der Waals surface area contributed by atoms with E-state index in [0.29, 0.717) is 13.0 Å². The highest BCUT2D eigenvalue weighted by Crippen LogP contribution is 2.27. The second kappa shape index (κ2) is 6.53. The number of nitrogens with two attached hydrogens (primary N) is 1. The number of benzene rings is 1. The van der Waals surface area contributed by atoms with Crippen LogP contribution in [0, 0.1) is 0 Å². The topological polar surface area (TPSA) is 63.8 Å². The molecular weight excluding hydrogens is 281 g/mol. The highest BCUT2D eigenvalue weighted by Gasteiger charge is 2.32. The standard InChI is InChI=1S/C14H15F3N4/c15-14(16,17)12-7-9-20-13(21-12)19-8-6-11(18)10-4-2-1-3-5-10/h1-5,7,9,11H,6,8,18H2,(H,19,20,21). The molecule has 2 aromatic rings. The van der Waals surface area contributed by atoms with Crippen LogP contribution in [0.15, 0.2) is 42.6 Å². The summed E-state index contributed by atoms with van der Waals surface area (Å²) < 4.78 is 37.5. The van der Waals surface area contributed by atoms with Crippen molar-refractivity contribution in [1.82, 2.24) is 9.97 Å². The van der Waals surface area contributed by atoms with Crippen LogP contribution in [0.1, 0.15) is 23.7 Å². The number of alkyl halides is 3. The lowest BCUT2D eigenvalue weighted by Gasteiger charge is -2.13. The Kier molecular flexibility index (Phi) is 4.74. The quantitative estimate of drug-likeness (QED) is 0.890. The van der Waals surface area contributed by atoms with E-state index in [2.05, 4.69) is 15.3 Å². The third-order valence-corrected chi connectivity index (χ3v) is 2.91. The molecule has 3 N–H and O–H groups in total. The van der Waals surface area contributed by atoms with Crippen molar-refractivity contribution < 1.29 is 13.2 Å². The van der Waals surface area contributed by atoms with Gasteiger partial charge >= 0.3 is 6.18 Å². The minimum Gasteiger partial charge on any atom is -0.354 e. The molecular formula is C14H15F3N4. The van der Waals surface area contributed by atoms with Crippen LogP contribution >= 0.6 is 0 Å². The fourth-order valence-corrected chi connectivity index (χ4v) is 1.81. The van der Waals surface area contributed by atoms with E-state index < -0.39 is 11.9 Å². The molecule has 0 bridgehead atoms. The lowest BCUT2D eigenvalue weighted by Crippen LogP contribution is -2.17. The van der Waals surface area contributed by atoms with Crippen molar-refractivity contribution in [2.75, 3.05) is 11.9 Å². The zero-order chi connectivity index (χ0) is 15.3. The minimum atomic E-state index is -4.47. The van der Waals surface area contributed by atoms with Crippen LogP contribution < -0.4 is 11.1 Å². The normalized spacial score (nSPS) is 13.0. The number of hydrogen-bond acceptors (Lipinski definition) is 4. The van der Waals surface area contributed by atoms with E-state index in [-0.39, 0.29) is 12.0 Å². The van der Waals surface area contributed by atoms with E-state index in [1.807, 2.05) is 30.3 Å². The summed E-state index contributed by atoms with van der Waals surface area (Å²) >= 11 is 0. The zero-order valence-corrected chi connectivity index (χ0v) is 11.1. The van der Waals surface area contributed by atoms with Crippen LogP contribution in [-0.2, 0) is 6.18 Å². The van der Waals surface area contributed by atoms with Crippen LogP contribution in [0.3, 0.4) is 0 Å². The highest BCUT2D eigenvalue weighted by molar-refractivity contribution is 5.26. The molecule has 0 aliphatic rings. The SMILES string of the molecule is NC(CCNc1nccc(C(F)(F)F)n1)c1ccccc1. The molecule has 1 aromatic heterocycles. The Bertz CT molecular complexity index is 572. The first-order valence-electron chi connectivity index (χ1n) is 6.41. The molecule has 1 aromatic carbocycles. The van der Waals surface area contributed by atoms with E-state index >= 15 is 0 Å². The highest BCUT2D eigenvalue weighted by atomic mass is 19.4. The van der Waals surface area contributed by atoms with Gasteiger partial charge < -0.3 is 11.1 Å². The molecule has 0 aliphatic heterocycles. The Hall–Kier alpha value is -2.15. The number of hydrogen-bond donors (Lipinski definition) is 2. The largest absolute Gasteiger partial charge is 0.433 e. The van der Waals surface area contributed by atoms with Crippen molar-refractivity contribution in [3.63, 3.8) is 0 Å². The molecule has 1 heterocycles. The van der Waals surface area contributed by atoms with Crippen LogP contribution in [0.25, 0.3) is 0 Å². The number of nitrogens with zero attached hydrogens (tertiary/aromatic N) is 2. The van der Waals surface area contributed by atoms with Gasteiger partial charge in [0.25, 0.3) is 0 Å². The van der Waals surface area contributed by atoms with Crippen molar-refractivity contribution in [1.29, 1.82) is 0 Å². The number of halogens is 3. The fraction of sp³-hybridized carbons (Fsp3) is 0.286. The molecule has 0 spiro atoms. The summed E-state index contributed by atoms with van der Waals surface area (Å²) in [6, 6.07) is 10.1. The van der Waals surface area contributed by atoms with Gasteiger partial charge in [-0.1, -0.05) is 30.3 Å². The van der Waals surface area contributed by atoms with E-state index in [1.54, 1.807) is 0 Å². The molecule has 0 radical (unpaired) electrons. The van der Waals surface area contributed by atoms with Gasteiger partial charge in [-0.15, -0.1) is 0 Å². The Morgan fingerprint density at radius 1 is 1.14 bits per heavy atom. The summed E-state index contributed by atoms with van der Waals surface area (Å²) in [5.74, 6) is -0.0508. The van der Waals surface area contributed by atoms with Crippen LogP contribution in [-0.4, -0.2) is 16.5 Å². The van der Waals surface area contributed by atoms with E-state index in [4.69, 9.17) is 5.73 Å². The van der Waals surface area contributed by atoms with Crippen LogP contribution in [0.4, 0.5) is 19.1 Å². The number of nitrogens with one attached hydrogen (secondary N) is 1. The monoisotopic (exact) mass is 296 g/mol. The number of aromatic nitrogens is 2. The molecule has 0 amide bonds.